The first-order valence-corrected chi connectivity index (χ1v) is 10.1. The summed E-state index contributed by atoms with van der Waals surface area (Å²) < 4.78 is 11.4. The van der Waals surface area contributed by atoms with Crippen LogP contribution in [0.3, 0.4) is 0 Å². The lowest BCUT2D eigenvalue weighted by Gasteiger charge is -2.22. The molecule has 2 N–H and O–H groups in total. The molecule has 1 aromatic carbocycles. The Morgan fingerprint density at radius 1 is 1.15 bits per heavy atom. The second-order valence-electron chi connectivity index (χ2n) is 6.77. The molecule has 0 saturated carbocycles. The van der Waals surface area contributed by atoms with Crippen LogP contribution in [0.5, 0.6) is 0 Å². The number of benzene rings is 1. The first-order chi connectivity index (χ1) is 12.8. The molecular formula is C21H36IN3O2. The van der Waals surface area contributed by atoms with Crippen LogP contribution in [0.25, 0.3) is 0 Å². The zero-order valence-electron chi connectivity index (χ0n) is 16.8. The molecule has 1 saturated heterocycles. The fourth-order valence-electron chi connectivity index (χ4n) is 2.97. The number of hydrogen-bond donors (Lipinski definition) is 2. The molecule has 0 radical (unpaired) electrons. The fraction of sp³-hybridized carbons (Fsp3) is 0.667. The summed E-state index contributed by atoms with van der Waals surface area (Å²) >= 11 is 0. The first kappa shape index (κ1) is 24.2. The molecule has 0 spiro atoms. The van der Waals surface area contributed by atoms with Gasteiger partial charge >= 0.3 is 0 Å². The van der Waals surface area contributed by atoms with Gasteiger partial charge < -0.3 is 20.1 Å². The van der Waals surface area contributed by atoms with Crippen LogP contribution in [0.1, 0.15) is 57.1 Å². The van der Waals surface area contributed by atoms with Gasteiger partial charge in [0.25, 0.3) is 0 Å². The third-order valence-electron chi connectivity index (χ3n) is 4.48. The van der Waals surface area contributed by atoms with Gasteiger partial charge in [0.15, 0.2) is 5.96 Å². The van der Waals surface area contributed by atoms with Crippen molar-refractivity contribution in [3.05, 3.63) is 35.4 Å². The monoisotopic (exact) mass is 489 g/mol. The predicted molar refractivity (Wildman–Crippen MR) is 123 cm³/mol. The minimum atomic E-state index is 0. The average Bonchev–Trinajstić information content (AvgIpc) is 2.69. The van der Waals surface area contributed by atoms with Crippen LogP contribution in [0.15, 0.2) is 29.3 Å². The summed E-state index contributed by atoms with van der Waals surface area (Å²) in [5, 5.41) is 6.73. The zero-order valence-corrected chi connectivity index (χ0v) is 19.2. The summed E-state index contributed by atoms with van der Waals surface area (Å²) in [5.41, 5.74) is 2.42. The highest BCUT2D eigenvalue weighted by atomic mass is 127. The summed E-state index contributed by atoms with van der Waals surface area (Å²) in [6.07, 6.45) is 6.00. The fourth-order valence-corrected chi connectivity index (χ4v) is 2.97. The summed E-state index contributed by atoms with van der Waals surface area (Å²) in [6.45, 7) is 9.13. The highest BCUT2D eigenvalue weighted by molar-refractivity contribution is 14.0. The smallest absolute Gasteiger partial charge is 0.191 e. The Bertz CT molecular complexity index is 534. The number of ether oxygens (including phenoxy) is 2. The first-order valence-electron chi connectivity index (χ1n) is 10.1. The lowest BCUT2D eigenvalue weighted by Crippen LogP contribution is -2.37. The molecule has 1 aliphatic rings. The number of nitrogens with one attached hydrogen (secondary N) is 2. The van der Waals surface area contributed by atoms with Crippen molar-refractivity contribution in [1.82, 2.24) is 10.6 Å². The Balaban J connectivity index is 0.00000364. The average molecular weight is 489 g/mol. The van der Waals surface area contributed by atoms with Crippen LogP contribution in [0, 0.1) is 0 Å². The van der Waals surface area contributed by atoms with Crippen molar-refractivity contribution in [3.63, 3.8) is 0 Å². The second-order valence-corrected chi connectivity index (χ2v) is 6.77. The van der Waals surface area contributed by atoms with Crippen molar-refractivity contribution in [1.29, 1.82) is 0 Å². The Labute approximate surface area is 181 Å². The number of guanidine groups is 1. The molecular weight excluding hydrogens is 453 g/mol. The molecule has 27 heavy (non-hydrogen) atoms. The summed E-state index contributed by atoms with van der Waals surface area (Å²) in [7, 11) is 0. The Morgan fingerprint density at radius 3 is 2.67 bits per heavy atom. The highest BCUT2D eigenvalue weighted by Gasteiger charge is 2.13. The van der Waals surface area contributed by atoms with E-state index in [1.807, 2.05) is 0 Å². The van der Waals surface area contributed by atoms with Gasteiger partial charge in [-0.05, 0) is 37.3 Å². The van der Waals surface area contributed by atoms with Crippen molar-refractivity contribution in [2.75, 3.05) is 26.3 Å². The second kappa shape index (κ2) is 15.1. The van der Waals surface area contributed by atoms with Gasteiger partial charge in [0.1, 0.15) is 0 Å². The lowest BCUT2D eigenvalue weighted by atomic mass is 10.1. The lowest BCUT2D eigenvalue weighted by molar-refractivity contribution is -0.0390. The van der Waals surface area contributed by atoms with E-state index in [4.69, 9.17) is 14.5 Å². The largest absolute Gasteiger partial charge is 0.381 e. The summed E-state index contributed by atoms with van der Waals surface area (Å²) in [5.74, 6) is 0.896. The van der Waals surface area contributed by atoms with Gasteiger partial charge in [-0.3, -0.25) is 0 Å². The van der Waals surface area contributed by atoms with Gasteiger partial charge in [0.05, 0.1) is 19.3 Å². The molecule has 1 fully saturated rings. The van der Waals surface area contributed by atoms with Crippen LogP contribution >= 0.6 is 24.0 Å². The molecule has 6 heteroatoms. The molecule has 0 aliphatic carbocycles. The van der Waals surface area contributed by atoms with Crippen LogP contribution < -0.4 is 10.6 Å². The van der Waals surface area contributed by atoms with E-state index >= 15 is 0 Å². The van der Waals surface area contributed by atoms with Gasteiger partial charge in [-0.25, -0.2) is 4.99 Å². The summed E-state index contributed by atoms with van der Waals surface area (Å²) in [4.78, 5) is 4.71. The molecule has 1 aromatic rings. The number of halogens is 1. The molecule has 154 valence electrons. The number of aliphatic imine (C=N–C) groups is 1. The standard InChI is InChI=1S/C21H35N3O2.HI/c1-3-5-6-12-23-21(22-4-2)24-16-18-8-7-9-19(15-18)17-26-20-10-13-25-14-11-20;/h7-9,15,20H,3-6,10-14,16-17H2,1-2H3,(H2,22,23,24);1H. The van der Waals surface area contributed by atoms with Gasteiger partial charge in [-0.1, -0.05) is 44.0 Å². The molecule has 1 heterocycles. The Hall–Kier alpha value is -0.860. The normalized spacial score (nSPS) is 15.3. The van der Waals surface area contributed by atoms with Crippen molar-refractivity contribution in [3.8, 4) is 0 Å². The number of unbranched alkanes of at least 4 members (excludes halogenated alkanes) is 2. The van der Waals surface area contributed by atoms with Gasteiger partial charge in [-0.2, -0.15) is 0 Å². The molecule has 5 nitrogen and oxygen atoms in total. The maximum absolute atomic E-state index is 6.02. The van der Waals surface area contributed by atoms with Crippen LogP contribution in [0.4, 0.5) is 0 Å². The van der Waals surface area contributed by atoms with E-state index in [0.29, 0.717) is 19.3 Å². The van der Waals surface area contributed by atoms with Gasteiger partial charge in [0.2, 0.25) is 0 Å². The van der Waals surface area contributed by atoms with E-state index in [1.165, 1.54) is 30.4 Å². The third kappa shape index (κ3) is 10.3. The molecule has 0 unspecified atom stereocenters. The minimum absolute atomic E-state index is 0. The molecule has 2 rings (SSSR count). The van der Waals surface area contributed by atoms with E-state index in [0.717, 1.165) is 45.1 Å². The molecule has 0 amide bonds. The number of hydrogen-bond acceptors (Lipinski definition) is 3. The van der Waals surface area contributed by atoms with Crippen LogP contribution in [-0.2, 0) is 22.6 Å². The van der Waals surface area contributed by atoms with Crippen LogP contribution in [0.2, 0.25) is 0 Å². The number of rotatable bonds is 10. The molecule has 1 aliphatic heterocycles. The van der Waals surface area contributed by atoms with E-state index in [2.05, 4.69) is 48.7 Å². The summed E-state index contributed by atoms with van der Waals surface area (Å²) in [6, 6.07) is 8.54. The molecule has 0 aromatic heterocycles. The Morgan fingerprint density at radius 2 is 1.93 bits per heavy atom. The maximum Gasteiger partial charge on any atom is 0.191 e. The van der Waals surface area contributed by atoms with Gasteiger partial charge in [-0.15, -0.1) is 24.0 Å². The molecule has 0 bridgehead atoms. The van der Waals surface area contributed by atoms with Crippen molar-refractivity contribution < 1.29 is 9.47 Å². The highest BCUT2D eigenvalue weighted by Crippen LogP contribution is 2.14. The minimum Gasteiger partial charge on any atom is -0.381 e. The van der Waals surface area contributed by atoms with Crippen molar-refractivity contribution in [2.45, 2.75) is 65.2 Å². The SMILES string of the molecule is CCCCCNC(=NCc1cccc(COC2CCOCC2)c1)NCC.I. The maximum atomic E-state index is 6.02. The third-order valence-corrected chi connectivity index (χ3v) is 4.48. The van der Waals surface area contributed by atoms with Gasteiger partial charge in [0, 0.05) is 26.3 Å². The van der Waals surface area contributed by atoms with Crippen molar-refractivity contribution in [2.24, 2.45) is 4.99 Å². The van der Waals surface area contributed by atoms with Crippen molar-refractivity contribution >= 4 is 29.9 Å². The number of nitrogens with zero attached hydrogens (tertiary/aromatic N) is 1. The topological polar surface area (TPSA) is 54.9 Å². The Kier molecular flexibility index (Phi) is 13.5. The van der Waals surface area contributed by atoms with E-state index in [9.17, 15) is 0 Å². The van der Waals surface area contributed by atoms with E-state index < -0.39 is 0 Å². The van der Waals surface area contributed by atoms with E-state index in [-0.39, 0.29) is 24.0 Å². The molecule has 0 atom stereocenters. The van der Waals surface area contributed by atoms with Crippen LogP contribution in [-0.4, -0.2) is 38.4 Å². The predicted octanol–water partition coefficient (Wildman–Crippen LogP) is 4.25. The van der Waals surface area contributed by atoms with E-state index in [1.54, 1.807) is 0 Å². The zero-order chi connectivity index (χ0) is 18.5. The quantitative estimate of drug-likeness (QED) is 0.223.